The van der Waals surface area contributed by atoms with Crippen LogP contribution in [0.25, 0.3) is 0 Å². The van der Waals surface area contributed by atoms with E-state index in [0.29, 0.717) is 43.4 Å². The van der Waals surface area contributed by atoms with Gasteiger partial charge < -0.3 is 19.9 Å². The Morgan fingerprint density at radius 1 is 1.26 bits per heavy atom. The SMILES string of the molecule is COCCOCCCOc1c(N)cc(C#N)cc1I. The van der Waals surface area contributed by atoms with E-state index in [1.54, 1.807) is 19.2 Å². The number of nitrogen functional groups attached to an aromatic ring is 1. The second-order valence-corrected chi connectivity index (χ2v) is 4.96. The largest absolute Gasteiger partial charge is 0.490 e. The summed E-state index contributed by atoms with van der Waals surface area (Å²) in [5, 5.41) is 8.82. The predicted molar refractivity (Wildman–Crippen MR) is 81.1 cm³/mol. The first kappa shape index (κ1) is 16.0. The van der Waals surface area contributed by atoms with E-state index in [9.17, 15) is 0 Å². The molecule has 0 heterocycles. The fraction of sp³-hybridized carbons (Fsp3) is 0.462. The van der Waals surface area contributed by atoms with Crippen LogP contribution in [0.1, 0.15) is 12.0 Å². The average molecular weight is 376 g/mol. The molecule has 0 bridgehead atoms. The molecule has 0 radical (unpaired) electrons. The number of nitrogens with zero attached hydrogens (tertiary/aromatic N) is 1. The number of halogens is 1. The zero-order valence-electron chi connectivity index (χ0n) is 10.8. The van der Waals surface area contributed by atoms with E-state index in [-0.39, 0.29) is 0 Å². The van der Waals surface area contributed by atoms with Crippen LogP contribution in [0.15, 0.2) is 12.1 Å². The zero-order valence-corrected chi connectivity index (χ0v) is 13.0. The van der Waals surface area contributed by atoms with Gasteiger partial charge in [-0.3, -0.25) is 0 Å². The zero-order chi connectivity index (χ0) is 14.1. The molecule has 0 fully saturated rings. The van der Waals surface area contributed by atoms with Gasteiger partial charge in [0.2, 0.25) is 0 Å². The maximum Gasteiger partial charge on any atom is 0.155 e. The Hall–Kier alpha value is -1.04. The fourth-order valence-corrected chi connectivity index (χ4v) is 2.21. The highest BCUT2D eigenvalue weighted by Crippen LogP contribution is 2.29. The van der Waals surface area contributed by atoms with Crippen LogP contribution in [0.2, 0.25) is 0 Å². The van der Waals surface area contributed by atoms with Crippen molar-refractivity contribution in [2.45, 2.75) is 6.42 Å². The number of methoxy groups -OCH3 is 1. The number of benzene rings is 1. The van der Waals surface area contributed by atoms with Crippen molar-refractivity contribution < 1.29 is 14.2 Å². The minimum Gasteiger partial charge on any atom is -0.490 e. The topological polar surface area (TPSA) is 77.5 Å². The summed E-state index contributed by atoms with van der Waals surface area (Å²) >= 11 is 2.11. The lowest BCUT2D eigenvalue weighted by Crippen LogP contribution is -2.08. The van der Waals surface area contributed by atoms with Gasteiger partial charge in [0.1, 0.15) is 0 Å². The summed E-state index contributed by atoms with van der Waals surface area (Å²) in [6.45, 7) is 2.34. The maximum absolute atomic E-state index is 8.82. The third-order valence-corrected chi connectivity index (χ3v) is 3.11. The molecule has 6 heteroatoms. The monoisotopic (exact) mass is 376 g/mol. The number of anilines is 1. The van der Waals surface area contributed by atoms with Gasteiger partial charge in [0.25, 0.3) is 0 Å². The summed E-state index contributed by atoms with van der Waals surface area (Å²) in [6, 6.07) is 5.43. The Kier molecular flexibility index (Phi) is 7.55. The molecule has 0 unspecified atom stereocenters. The van der Waals surface area contributed by atoms with E-state index in [0.717, 1.165) is 9.99 Å². The molecular formula is C13H17IN2O3. The lowest BCUT2D eigenvalue weighted by atomic mass is 10.2. The Morgan fingerprint density at radius 3 is 2.68 bits per heavy atom. The standard InChI is InChI=1S/C13H17IN2O3/c1-17-5-6-18-3-2-4-19-13-11(14)7-10(9-15)8-12(13)16/h7-8H,2-6,16H2,1H3. The van der Waals surface area contributed by atoms with E-state index < -0.39 is 0 Å². The van der Waals surface area contributed by atoms with Crippen LogP contribution in [-0.4, -0.2) is 33.5 Å². The van der Waals surface area contributed by atoms with Gasteiger partial charge >= 0.3 is 0 Å². The Labute approximate surface area is 126 Å². The molecule has 0 atom stereocenters. The number of hydrogen-bond acceptors (Lipinski definition) is 5. The van der Waals surface area contributed by atoms with Gasteiger partial charge in [-0.1, -0.05) is 0 Å². The molecule has 2 N–H and O–H groups in total. The number of rotatable bonds is 8. The van der Waals surface area contributed by atoms with Gasteiger partial charge in [-0.2, -0.15) is 5.26 Å². The first-order chi connectivity index (χ1) is 9.19. The van der Waals surface area contributed by atoms with E-state index in [2.05, 4.69) is 28.7 Å². The third-order valence-electron chi connectivity index (χ3n) is 2.31. The van der Waals surface area contributed by atoms with E-state index in [1.165, 1.54) is 0 Å². The number of ether oxygens (including phenoxy) is 3. The summed E-state index contributed by atoms with van der Waals surface area (Å²) in [5.74, 6) is 0.636. The van der Waals surface area contributed by atoms with Crippen LogP contribution in [0.3, 0.4) is 0 Å². The van der Waals surface area contributed by atoms with Gasteiger partial charge in [-0.15, -0.1) is 0 Å². The van der Waals surface area contributed by atoms with E-state index in [1.807, 2.05) is 0 Å². The van der Waals surface area contributed by atoms with Gasteiger partial charge in [0.15, 0.2) is 5.75 Å². The van der Waals surface area contributed by atoms with Crippen LogP contribution >= 0.6 is 22.6 Å². The van der Waals surface area contributed by atoms with Crippen molar-refractivity contribution in [3.8, 4) is 11.8 Å². The van der Waals surface area contributed by atoms with Crippen molar-refractivity contribution in [2.24, 2.45) is 0 Å². The normalized spacial score (nSPS) is 10.2. The van der Waals surface area contributed by atoms with Gasteiger partial charge in [-0.05, 0) is 34.7 Å². The third kappa shape index (κ3) is 5.63. The summed E-state index contributed by atoms with van der Waals surface area (Å²) in [6.07, 6.45) is 0.777. The van der Waals surface area contributed by atoms with Gasteiger partial charge in [0.05, 0.1) is 40.7 Å². The van der Waals surface area contributed by atoms with E-state index in [4.69, 9.17) is 25.2 Å². The quantitative estimate of drug-likeness (QED) is 0.428. The molecule has 0 aliphatic rings. The molecule has 1 aromatic rings. The highest BCUT2D eigenvalue weighted by atomic mass is 127. The second kappa shape index (κ2) is 8.96. The molecule has 1 aromatic carbocycles. The van der Waals surface area contributed by atoms with Crippen molar-refractivity contribution in [3.05, 3.63) is 21.3 Å². The molecule has 0 amide bonds. The van der Waals surface area contributed by atoms with Crippen molar-refractivity contribution in [1.82, 2.24) is 0 Å². The molecule has 0 aromatic heterocycles. The van der Waals surface area contributed by atoms with Crippen molar-refractivity contribution in [1.29, 1.82) is 5.26 Å². The van der Waals surface area contributed by atoms with Crippen molar-refractivity contribution in [3.63, 3.8) is 0 Å². The summed E-state index contributed by atoms with van der Waals surface area (Å²) < 4.78 is 16.7. The molecule has 0 aliphatic carbocycles. The van der Waals surface area contributed by atoms with Crippen LogP contribution < -0.4 is 10.5 Å². The second-order valence-electron chi connectivity index (χ2n) is 3.80. The van der Waals surface area contributed by atoms with E-state index >= 15 is 0 Å². The minimum atomic E-state index is 0.490. The first-order valence-electron chi connectivity index (χ1n) is 5.87. The molecule has 5 nitrogen and oxygen atoms in total. The molecular weight excluding hydrogens is 359 g/mol. The van der Waals surface area contributed by atoms with Crippen LogP contribution in [-0.2, 0) is 9.47 Å². The molecule has 0 aliphatic heterocycles. The summed E-state index contributed by atoms with van der Waals surface area (Å²) in [4.78, 5) is 0. The maximum atomic E-state index is 8.82. The average Bonchev–Trinajstić information content (AvgIpc) is 2.40. The molecule has 0 saturated heterocycles. The Morgan fingerprint density at radius 2 is 2.05 bits per heavy atom. The fourth-order valence-electron chi connectivity index (χ4n) is 1.41. The molecule has 1 rings (SSSR count). The lowest BCUT2D eigenvalue weighted by molar-refractivity contribution is 0.0644. The van der Waals surface area contributed by atoms with Crippen molar-refractivity contribution in [2.75, 3.05) is 39.3 Å². The number of nitrogens with two attached hydrogens (primary N) is 1. The minimum absolute atomic E-state index is 0.490. The Balaban J connectivity index is 2.36. The highest BCUT2D eigenvalue weighted by molar-refractivity contribution is 14.1. The van der Waals surface area contributed by atoms with Gasteiger partial charge in [-0.25, -0.2) is 0 Å². The predicted octanol–water partition coefficient (Wildman–Crippen LogP) is 2.18. The first-order valence-corrected chi connectivity index (χ1v) is 6.95. The number of hydrogen-bond donors (Lipinski definition) is 1. The summed E-state index contributed by atoms with van der Waals surface area (Å²) in [7, 11) is 1.64. The van der Waals surface area contributed by atoms with Gasteiger partial charge in [0, 0.05) is 20.1 Å². The lowest BCUT2D eigenvalue weighted by Gasteiger charge is -2.11. The van der Waals surface area contributed by atoms with Crippen LogP contribution in [0.4, 0.5) is 5.69 Å². The smallest absolute Gasteiger partial charge is 0.155 e. The summed E-state index contributed by atoms with van der Waals surface area (Å²) in [5.41, 5.74) is 6.88. The molecule has 19 heavy (non-hydrogen) atoms. The highest BCUT2D eigenvalue weighted by Gasteiger charge is 2.08. The van der Waals surface area contributed by atoms with Crippen LogP contribution in [0.5, 0.6) is 5.75 Å². The molecule has 0 spiro atoms. The van der Waals surface area contributed by atoms with Crippen molar-refractivity contribution >= 4 is 28.3 Å². The Bertz CT molecular complexity index is 423. The molecule has 0 saturated carbocycles. The van der Waals surface area contributed by atoms with Crippen LogP contribution in [0, 0.1) is 14.9 Å². The molecule has 104 valence electrons. The number of nitriles is 1.